The van der Waals surface area contributed by atoms with Gasteiger partial charge in [-0.05, 0) is 48.6 Å². The van der Waals surface area contributed by atoms with Gasteiger partial charge in [0, 0.05) is 0 Å². The molecule has 2 heteroatoms. The summed E-state index contributed by atoms with van der Waals surface area (Å²) in [6.45, 7) is 0. The van der Waals surface area contributed by atoms with Gasteiger partial charge in [0.1, 0.15) is 5.75 Å². The molecule has 3 unspecified atom stereocenters. The third-order valence-electron chi connectivity index (χ3n) is 4.36. The Labute approximate surface area is 95.3 Å². The highest BCUT2D eigenvalue weighted by molar-refractivity contribution is 5.80. The Morgan fingerprint density at radius 1 is 1.25 bits per heavy atom. The summed E-state index contributed by atoms with van der Waals surface area (Å²) in [4.78, 5) is 10.8. The molecule has 2 fully saturated rings. The smallest absolute Gasteiger partial charge is 0.153 e. The van der Waals surface area contributed by atoms with Crippen LogP contribution >= 0.6 is 0 Å². The number of carbonyl (C=O) groups excluding carboxylic acids is 1. The molecule has 0 amide bonds. The molecule has 0 spiro atoms. The van der Waals surface area contributed by atoms with Gasteiger partial charge in [0.2, 0.25) is 0 Å². The number of carbonyl (C=O) groups is 1. The van der Waals surface area contributed by atoms with E-state index in [1.807, 2.05) is 12.1 Å². The number of phenolic OH excluding ortho intramolecular Hbond substituents is 1. The molecule has 2 aliphatic carbocycles. The van der Waals surface area contributed by atoms with Gasteiger partial charge in [0.05, 0.1) is 5.56 Å². The van der Waals surface area contributed by atoms with E-state index in [9.17, 15) is 9.90 Å². The van der Waals surface area contributed by atoms with Crippen molar-refractivity contribution in [1.82, 2.24) is 0 Å². The highest BCUT2D eigenvalue weighted by Crippen LogP contribution is 2.54. The minimum absolute atomic E-state index is 0.218. The van der Waals surface area contributed by atoms with Crippen LogP contribution in [0.5, 0.6) is 5.75 Å². The molecule has 2 bridgehead atoms. The average molecular weight is 216 g/mol. The lowest BCUT2D eigenvalue weighted by molar-refractivity contribution is 0.112. The van der Waals surface area contributed by atoms with Crippen LogP contribution in [0.25, 0.3) is 0 Å². The van der Waals surface area contributed by atoms with Gasteiger partial charge in [-0.3, -0.25) is 4.79 Å². The molecule has 2 saturated carbocycles. The second kappa shape index (κ2) is 3.62. The molecule has 2 aliphatic rings. The van der Waals surface area contributed by atoms with Crippen molar-refractivity contribution in [2.75, 3.05) is 0 Å². The first-order valence-electron chi connectivity index (χ1n) is 6.06. The van der Waals surface area contributed by atoms with Crippen molar-refractivity contribution in [2.24, 2.45) is 11.8 Å². The number of hydrogen-bond donors (Lipinski definition) is 1. The first-order chi connectivity index (χ1) is 7.79. The number of benzene rings is 1. The maximum Gasteiger partial charge on any atom is 0.153 e. The fraction of sp³-hybridized carbons (Fsp3) is 0.500. The molecule has 84 valence electrons. The summed E-state index contributed by atoms with van der Waals surface area (Å²) in [5.41, 5.74) is 1.43. The minimum atomic E-state index is 0.218. The van der Waals surface area contributed by atoms with E-state index in [0.717, 1.165) is 23.7 Å². The van der Waals surface area contributed by atoms with Crippen molar-refractivity contribution in [2.45, 2.75) is 31.6 Å². The van der Waals surface area contributed by atoms with Crippen LogP contribution in [-0.2, 0) is 0 Å². The molecule has 0 aliphatic heterocycles. The largest absolute Gasteiger partial charge is 0.507 e. The van der Waals surface area contributed by atoms with Crippen molar-refractivity contribution >= 4 is 6.29 Å². The molecular weight excluding hydrogens is 200 g/mol. The van der Waals surface area contributed by atoms with E-state index in [1.165, 1.54) is 25.7 Å². The van der Waals surface area contributed by atoms with E-state index < -0.39 is 0 Å². The zero-order valence-corrected chi connectivity index (χ0v) is 9.23. The number of rotatable bonds is 2. The number of hydrogen-bond acceptors (Lipinski definition) is 2. The molecule has 2 nitrogen and oxygen atoms in total. The third kappa shape index (κ3) is 1.36. The molecule has 0 aromatic heterocycles. The van der Waals surface area contributed by atoms with Gasteiger partial charge in [0.25, 0.3) is 0 Å². The Morgan fingerprint density at radius 2 is 2.12 bits per heavy atom. The summed E-state index contributed by atoms with van der Waals surface area (Å²) < 4.78 is 0. The van der Waals surface area contributed by atoms with Crippen LogP contribution in [0.2, 0.25) is 0 Å². The predicted molar refractivity (Wildman–Crippen MR) is 61.7 cm³/mol. The third-order valence-corrected chi connectivity index (χ3v) is 4.36. The Hall–Kier alpha value is -1.31. The zero-order valence-electron chi connectivity index (χ0n) is 9.23. The normalized spacial score (nSPS) is 31.9. The van der Waals surface area contributed by atoms with Crippen LogP contribution in [0.4, 0.5) is 0 Å². The highest BCUT2D eigenvalue weighted by Gasteiger charge is 2.41. The van der Waals surface area contributed by atoms with Gasteiger partial charge in [-0.2, -0.15) is 0 Å². The maximum absolute atomic E-state index is 10.8. The van der Waals surface area contributed by atoms with E-state index >= 15 is 0 Å². The van der Waals surface area contributed by atoms with Crippen LogP contribution in [0, 0.1) is 11.8 Å². The Bertz CT molecular complexity index is 425. The van der Waals surface area contributed by atoms with Crippen molar-refractivity contribution < 1.29 is 9.90 Å². The van der Waals surface area contributed by atoms with E-state index in [-0.39, 0.29) is 5.75 Å². The first kappa shape index (κ1) is 9.88. The molecule has 3 rings (SSSR count). The van der Waals surface area contributed by atoms with Crippen LogP contribution in [-0.4, -0.2) is 11.4 Å². The van der Waals surface area contributed by atoms with E-state index in [0.29, 0.717) is 11.5 Å². The van der Waals surface area contributed by atoms with Crippen LogP contribution < -0.4 is 0 Å². The summed E-state index contributed by atoms with van der Waals surface area (Å²) in [6.07, 6.45) is 5.90. The van der Waals surface area contributed by atoms with Gasteiger partial charge in [-0.15, -0.1) is 0 Å². The SMILES string of the molecule is O=Cc1cccc(C2CC3CCC2C3)c1O. The number of para-hydroxylation sites is 1. The Balaban J connectivity index is 1.98. The van der Waals surface area contributed by atoms with Gasteiger partial charge >= 0.3 is 0 Å². The number of phenols is 1. The standard InChI is InChI=1S/C14H16O2/c15-8-11-2-1-3-12(14(11)16)13-7-9-4-5-10(13)6-9/h1-3,8-10,13,16H,4-7H2. The summed E-state index contributed by atoms with van der Waals surface area (Å²) in [7, 11) is 0. The van der Waals surface area contributed by atoms with Gasteiger partial charge in [-0.25, -0.2) is 0 Å². The van der Waals surface area contributed by atoms with Crippen molar-refractivity contribution in [3.63, 3.8) is 0 Å². The average Bonchev–Trinajstić information content (AvgIpc) is 2.91. The van der Waals surface area contributed by atoms with Crippen LogP contribution in [0.1, 0.15) is 47.5 Å². The Kier molecular flexibility index (Phi) is 2.23. The van der Waals surface area contributed by atoms with Crippen LogP contribution in [0.3, 0.4) is 0 Å². The summed E-state index contributed by atoms with van der Waals surface area (Å²) in [6, 6.07) is 5.54. The van der Waals surface area contributed by atoms with Gasteiger partial charge < -0.3 is 5.11 Å². The van der Waals surface area contributed by atoms with Gasteiger partial charge in [-0.1, -0.05) is 18.6 Å². The monoisotopic (exact) mass is 216 g/mol. The highest BCUT2D eigenvalue weighted by atomic mass is 16.3. The lowest BCUT2D eigenvalue weighted by atomic mass is 9.82. The molecule has 0 radical (unpaired) electrons. The van der Waals surface area contributed by atoms with Crippen molar-refractivity contribution in [3.05, 3.63) is 29.3 Å². The maximum atomic E-state index is 10.8. The number of aromatic hydroxyl groups is 1. The molecular formula is C14H16O2. The van der Waals surface area contributed by atoms with E-state index in [1.54, 1.807) is 6.07 Å². The summed E-state index contributed by atoms with van der Waals surface area (Å²) in [5, 5.41) is 10.0. The fourth-order valence-electron chi connectivity index (χ4n) is 3.60. The summed E-state index contributed by atoms with van der Waals surface area (Å²) >= 11 is 0. The number of aldehydes is 1. The summed E-state index contributed by atoms with van der Waals surface area (Å²) in [5.74, 6) is 2.29. The fourth-order valence-corrected chi connectivity index (χ4v) is 3.60. The predicted octanol–water partition coefficient (Wildman–Crippen LogP) is 3.11. The molecule has 0 saturated heterocycles. The van der Waals surface area contributed by atoms with E-state index in [4.69, 9.17) is 0 Å². The van der Waals surface area contributed by atoms with Crippen molar-refractivity contribution in [1.29, 1.82) is 0 Å². The lowest BCUT2D eigenvalue weighted by Crippen LogP contribution is -2.09. The number of fused-ring (bicyclic) bond motifs is 2. The van der Waals surface area contributed by atoms with Gasteiger partial charge in [0.15, 0.2) is 6.29 Å². The Morgan fingerprint density at radius 3 is 2.75 bits per heavy atom. The topological polar surface area (TPSA) is 37.3 Å². The lowest BCUT2D eigenvalue weighted by Gasteiger charge is -2.23. The molecule has 1 N–H and O–H groups in total. The quantitative estimate of drug-likeness (QED) is 0.771. The van der Waals surface area contributed by atoms with E-state index in [2.05, 4.69) is 0 Å². The second-order valence-electron chi connectivity index (χ2n) is 5.18. The molecule has 0 heterocycles. The second-order valence-corrected chi connectivity index (χ2v) is 5.18. The molecule has 1 aromatic carbocycles. The minimum Gasteiger partial charge on any atom is -0.507 e. The zero-order chi connectivity index (χ0) is 11.1. The first-order valence-corrected chi connectivity index (χ1v) is 6.06. The molecule has 16 heavy (non-hydrogen) atoms. The molecule has 3 atom stereocenters. The van der Waals surface area contributed by atoms with Crippen molar-refractivity contribution in [3.8, 4) is 5.75 Å². The van der Waals surface area contributed by atoms with Crippen LogP contribution in [0.15, 0.2) is 18.2 Å². The molecule has 1 aromatic rings.